The molecule has 0 saturated heterocycles. The summed E-state index contributed by atoms with van der Waals surface area (Å²) in [5, 5.41) is 2.49. The summed E-state index contributed by atoms with van der Waals surface area (Å²) in [7, 11) is 0. The summed E-state index contributed by atoms with van der Waals surface area (Å²) < 4.78 is 46.3. The van der Waals surface area contributed by atoms with Gasteiger partial charge in [-0.15, -0.1) is 13.2 Å². The van der Waals surface area contributed by atoms with Crippen molar-refractivity contribution in [3.8, 4) is 17.5 Å². The number of hydrogen-bond donors (Lipinski definition) is 2. The molecule has 7 nitrogen and oxygen atoms in total. The molecule has 0 aliphatic heterocycles. The maximum atomic E-state index is 12.4. The molecule has 0 saturated carbocycles. The van der Waals surface area contributed by atoms with Crippen molar-refractivity contribution in [3.05, 3.63) is 36.2 Å². The number of nitrogens with one attached hydrogen (secondary N) is 1. The van der Waals surface area contributed by atoms with Crippen LogP contribution in [0.4, 0.5) is 18.9 Å². The first-order valence-electron chi connectivity index (χ1n) is 7.07. The van der Waals surface area contributed by atoms with Crippen LogP contribution in [-0.2, 0) is 4.79 Å². The van der Waals surface area contributed by atoms with Crippen LogP contribution in [0.3, 0.4) is 0 Å². The lowest BCUT2D eigenvalue weighted by atomic mass is 10.2. The summed E-state index contributed by atoms with van der Waals surface area (Å²) in [6, 6.07) is 3.13. The minimum atomic E-state index is -4.81. The average Bonchev–Trinajstić information content (AvgIpc) is 2.51. The van der Waals surface area contributed by atoms with Gasteiger partial charge in [0.25, 0.3) is 0 Å². The van der Waals surface area contributed by atoms with Crippen molar-refractivity contribution in [1.82, 2.24) is 9.97 Å². The van der Waals surface area contributed by atoms with Gasteiger partial charge in [0.1, 0.15) is 11.5 Å². The summed E-state index contributed by atoms with van der Waals surface area (Å²) in [6.07, 6.45) is -2.24. The van der Waals surface area contributed by atoms with Crippen LogP contribution in [-0.4, -0.2) is 28.3 Å². The molecular formula is C15H15F3N4O3. The molecule has 1 heterocycles. The zero-order valence-corrected chi connectivity index (χ0v) is 13.3. The van der Waals surface area contributed by atoms with Crippen LogP contribution in [0.1, 0.15) is 12.5 Å². The molecule has 2 aromatic rings. The van der Waals surface area contributed by atoms with E-state index in [1.165, 1.54) is 38.4 Å². The highest BCUT2D eigenvalue weighted by atomic mass is 19.4. The van der Waals surface area contributed by atoms with Gasteiger partial charge in [-0.2, -0.15) is 0 Å². The quantitative estimate of drug-likeness (QED) is 0.855. The van der Waals surface area contributed by atoms with Gasteiger partial charge in [-0.3, -0.25) is 4.79 Å². The molecule has 1 aromatic heterocycles. The first-order valence-corrected chi connectivity index (χ1v) is 7.07. The molecule has 134 valence electrons. The molecule has 25 heavy (non-hydrogen) atoms. The molecule has 3 N–H and O–H groups in total. The van der Waals surface area contributed by atoms with Gasteiger partial charge in [0, 0.05) is 6.07 Å². The Kier molecular flexibility index (Phi) is 5.42. The summed E-state index contributed by atoms with van der Waals surface area (Å²) >= 11 is 0. The van der Waals surface area contributed by atoms with E-state index in [0.717, 1.165) is 6.07 Å². The van der Waals surface area contributed by atoms with Crippen LogP contribution >= 0.6 is 0 Å². The third kappa shape index (κ3) is 5.60. The molecule has 0 radical (unpaired) electrons. The second kappa shape index (κ2) is 7.34. The lowest BCUT2D eigenvalue weighted by molar-refractivity contribution is -0.274. The van der Waals surface area contributed by atoms with Crippen LogP contribution in [0.15, 0.2) is 30.6 Å². The van der Waals surface area contributed by atoms with E-state index < -0.39 is 18.3 Å². The van der Waals surface area contributed by atoms with Gasteiger partial charge in [-0.1, -0.05) is 6.07 Å². The number of carbonyl (C=O) groups is 1. The normalized spacial score (nSPS) is 12.4. The summed E-state index contributed by atoms with van der Waals surface area (Å²) in [5.74, 6) is -0.729. The van der Waals surface area contributed by atoms with Gasteiger partial charge in [0.2, 0.25) is 5.91 Å². The van der Waals surface area contributed by atoms with Crippen molar-refractivity contribution in [2.45, 2.75) is 26.3 Å². The molecule has 0 bridgehead atoms. The van der Waals surface area contributed by atoms with E-state index in [1.54, 1.807) is 0 Å². The lowest BCUT2D eigenvalue weighted by Crippen LogP contribution is -2.32. The topological polar surface area (TPSA) is 99.4 Å². The predicted octanol–water partition coefficient (Wildman–Crippen LogP) is 2.76. The van der Waals surface area contributed by atoms with Crippen molar-refractivity contribution >= 4 is 11.6 Å². The van der Waals surface area contributed by atoms with Crippen molar-refractivity contribution < 1.29 is 27.4 Å². The number of amides is 1. The first kappa shape index (κ1) is 18.5. The fourth-order valence-corrected chi connectivity index (χ4v) is 1.67. The number of carbonyl (C=O) groups excluding carboxylic acids is 1. The molecule has 0 aliphatic rings. The molecule has 0 unspecified atom stereocenters. The second-order valence-corrected chi connectivity index (χ2v) is 5.11. The molecule has 1 atom stereocenters. The number of hydrogen-bond acceptors (Lipinski definition) is 6. The summed E-state index contributed by atoms with van der Waals surface area (Å²) in [4.78, 5) is 19.2. The fourth-order valence-electron chi connectivity index (χ4n) is 1.67. The molecule has 1 aromatic carbocycles. The Labute approximate surface area is 141 Å². The number of benzene rings is 1. The minimum Gasteiger partial charge on any atom is -0.424 e. The van der Waals surface area contributed by atoms with Crippen LogP contribution in [0.2, 0.25) is 0 Å². The third-order valence-electron chi connectivity index (χ3n) is 2.90. The summed E-state index contributed by atoms with van der Waals surface area (Å²) in [5.41, 5.74) is 6.01. The van der Waals surface area contributed by atoms with E-state index in [1.807, 2.05) is 0 Å². The highest BCUT2D eigenvalue weighted by molar-refractivity contribution is 5.94. The maximum Gasteiger partial charge on any atom is 0.573 e. The van der Waals surface area contributed by atoms with E-state index in [2.05, 4.69) is 20.0 Å². The Hall–Kier alpha value is -2.88. The van der Waals surface area contributed by atoms with Crippen LogP contribution in [0, 0.1) is 6.92 Å². The number of halogens is 3. The number of aryl methyl sites for hydroxylation is 1. The molecule has 2 rings (SSSR count). The number of alkyl halides is 3. The van der Waals surface area contributed by atoms with E-state index in [0.29, 0.717) is 11.3 Å². The van der Waals surface area contributed by atoms with E-state index in [4.69, 9.17) is 10.5 Å². The zero-order valence-electron chi connectivity index (χ0n) is 13.3. The van der Waals surface area contributed by atoms with Crippen molar-refractivity contribution in [3.63, 3.8) is 0 Å². The van der Waals surface area contributed by atoms with Crippen LogP contribution in [0.25, 0.3) is 0 Å². The standard InChI is InChI=1S/C15H15F3N4O3/c1-8-3-4-11(5-12(8)25-15(16,17)18)24-14-20-6-10(7-21-14)22-13(23)9(2)19/h3-7,9H,19H2,1-2H3,(H,22,23)/t9-/m1/s1. The lowest BCUT2D eigenvalue weighted by Gasteiger charge is -2.12. The van der Waals surface area contributed by atoms with Gasteiger partial charge in [-0.25, -0.2) is 9.97 Å². The second-order valence-electron chi connectivity index (χ2n) is 5.11. The molecule has 0 aliphatic carbocycles. The van der Waals surface area contributed by atoms with Gasteiger partial charge < -0.3 is 20.5 Å². The highest BCUT2D eigenvalue weighted by Crippen LogP contribution is 2.31. The Balaban J connectivity index is 2.09. The number of aromatic nitrogens is 2. The fraction of sp³-hybridized carbons (Fsp3) is 0.267. The van der Waals surface area contributed by atoms with Gasteiger partial charge >= 0.3 is 12.4 Å². The molecule has 1 amide bonds. The third-order valence-corrected chi connectivity index (χ3v) is 2.90. The smallest absolute Gasteiger partial charge is 0.424 e. The molecule has 0 fully saturated rings. The van der Waals surface area contributed by atoms with Crippen LogP contribution < -0.4 is 20.5 Å². The van der Waals surface area contributed by atoms with Crippen molar-refractivity contribution in [2.24, 2.45) is 5.73 Å². The predicted molar refractivity (Wildman–Crippen MR) is 82.2 cm³/mol. The molecular weight excluding hydrogens is 341 g/mol. The van der Waals surface area contributed by atoms with Gasteiger partial charge in [0.05, 0.1) is 24.1 Å². The first-order chi connectivity index (χ1) is 11.6. The number of ether oxygens (including phenoxy) is 2. The van der Waals surface area contributed by atoms with Crippen molar-refractivity contribution in [1.29, 1.82) is 0 Å². The number of anilines is 1. The van der Waals surface area contributed by atoms with E-state index in [9.17, 15) is 18.0 Å². The van der Waals surface area contributed by atoms with Crippen LogP contribution in [0.5, 0.6) is 17.5 Å². The minimum absolute atomic E-state index is 0.0669. The largest absolute Gasteiger partial charge is 0.573 e. The number of rotatable bonds is 5. The van der Waals surface area contributed by atoms with Crippen molar-refractivity contribution in [2.75, 3.05) is 5.32 Å². The monoisotopic (exact) mass is 356 g/mol. The van der Waals surface area contributed by atoms with E-state index >= 15 is 0 Å². The zero-order chi connectivity index (χ0) is 18.6. The number of nitrogens with zero attached hydrogens (tertiary/aromatic N) is 2. The molecule has 0 spiro atoms. The van der Waals surface area contributed by atoms with Gasteiger partial charge in [0.15, 0.2) is 0 Å². The van der Waals surface area contributed by atoms with Gasteiger partial charge in [-0.05, 0) is 25.5 Å². The Morgan fingerprint density at radius 3 is 2.48 bits per heavy atom. The maximum absolute atomic E-state index is 12.4. The SMILES string of the molecule is Cc1ccc(Oc2ncc(NC(=O)[C@@H](C)N)cn2)cc1OC(F)(F)F. The Bertz CT molecular complexity index is 749. The van der Waals surface area contributed by atoms with E-state index in [-0.39, 0.29) is 17.5 Å². The summed E-state index contributed by atoms with van der Waals surface area (Å²) in [6.45, 7) is 2.99. The Morgan fingerprint density at radius 1 is 1.28 bits per heavy atom. The number of nitrogens with two attached hydrogens (primary N) is 1. The molecule has 10 heteroatoms. The average molecular weight is 356 g/mol. The highest BCUT2D eigenvalue weighted by Gasteiger charge is 2.31. The Morgan fingerprint density at radius 2 is 1.92 bits per heavy atom.